The first kappa shape index (κ1) is 35.6. The summed E-state index contributed by atoms with van der Waals surface area (Å²) >= 11 is 25.4. The van der Waals surface area contributed by atoms with E-state index in [2.05, 4.69) is 5.32 Å². The normalized spacial score (nSPS) is 12.3. The van der Waals surface area contributed by atoms with E-state index in [0.29, 0.717) is 20.6 Å². The molecule has 12 heteroatoms. The van der Waals surface area contributed by atoms with E-state index < -0.39 is 40.0 Å². The molecule has 0 bridgehead atoms. The minimum absolute atomic E-state index is 0.0864. The Labute approximate surface area is 290 Å². The zero-order chi connectivity index (χ0) is 33.6. The maximum absolute atomic E-state index is 14.6. The van der Waals surface area contributed by atoms with Gasteiger partial charge in [0.15, 0.2) is 0 Å². The molecular weight excluding hydrogens is 688 g/mol. The van der Waals surface area contributed by atoms with Gasteiger partial charge in [-0.1, -0.05) is 88.9 Å². The molecule has 1 atom stereocenters. The Bertz CT molecular complexity index is 1780. The Hall–Kier alpha value is -3.27. The van der Waals surface area contributed by atoms with Crippen molar-refractivity contribution in [1.29, 1.82) is 0 Å². The number of nitrogens with one attached hydrogen (secondary N) is 1. The van der Waals surface area contributed by atoms with Crippen LogP contribution in [0.1, 0.15) is 31.9 Å². The van der Waals surface area contributed by atoms with Gasteiger partial charge in [0.25, 0.3) is 10.0 Å². The average Bonchev–Trinajstić information content (AvgIpc) is 2.98. The molecule has 0 fully saturated rings. The molecule has 0 unspecified atom stereocenters. The fraction of sp³-hybridized carbons (Fsp3) is 0.235. The van der Waals surface area contributed by atoms with Crippen LogP contribution in [0.25, 0.3) is 0 Å². The SMILES string of the molecule is CC(C)(C)NC(=O)[C@@H](Cc1ccccc1)N(Cc1c(Cl)cccc1Cl)C(=O)CN(c1cccc(Cl)c1)S(=O)(=O)c1ccc(Cl)cc1. The van der Waals surface area contributed by atoms with Crippen molar-refractivity contribution in [3.63, 3.8) is 0 Å². The van der Waals surface area contributed by atoms with E-state index in [-0.39, 0.29) is 28.6 Å². The number of carbonyl (C=O) groups is 2. The molecule has 0 aliphatic carbocycles. The van der Waals surface area contributed by atoms with Crippen molar-refractivity contribution in [2.75, 3.05) is 10.8 Å². The third kappa shape index (κ3) is 9.17. The molecule has 0 aliphatic rings. The van der Waals surface area contributed by atoms with Gasteiger partial charge in [0, 0.05) is 44.2 Å². The minimum Gasteiger partial charge on any atom is -0.350 e. The second-order valence-electron chi connectivity index (χ2n) is 11.6. The fourth-order valence-corrected chi connectivity index (χ4v) is 6.99. The molecule has 242 valence electrons. The second-order valence-corrected chi connectivity index (χ2v) is 15.2. The summed E-state index contributed by atoms with van der Waals surface area (Å²) in [6, 6.07) is 24.9. The molecule has 0 saturated heterocycles. The van der Waals surface area contributed by atoms with Crippen LogP contribution in [0.15, 0.2) is 102 Å². The highest BCUT2D eigenvalue weighted by molar-refractivity contribution is 7.92. The van der Waals surface area contributed by atoms with E-state index in [9.17, 15) is 18.0 Å². The van der Waals surface area contributed by atoms with Crippen LogP contribution >= 0.6 is 46.4 Å². The van der Waals surface area contributed by atoms with Crippen molar-refractivity contribution in [1.82, 2.24) is 10.2 Å². The lowest BCUT2D eigenvalue weighted by atomic mass is 10.0. The number of rotatable bonds is 11. The Morgan fingerprint density at radius 1 is 0.783 bits per heavy atom. The summed E-state index contributed by atoms with van der Waals surface area (Å²) in [6.45, 7) is 4.67. The van der Waals surface area contributed by atoms with Crippen molar-refractivity contribution in [2.45, 2.75) is 50.2 Å². The molecule has 0 saturated carbocycles. The van der Waals surface area contributed by atoms with Gasteiger partial charge in [-0.15, -0.1) is 0 Å². The van der Waals surface area contributed by atoms with Gasteiger partial charge in [-0.2, -0.15) is 0 Å². The molecule has 0 aliphatic heterocycles. The Morgan fingerprint density at radius 2 is 1.39 bits per heavy atom. The van der Waals surface area contributed by atoms with Gasteiger partial charge in [-0.05, 0) is 80.9 Å². The third-order valence-electron chi connectivity index (χ3n) is 6.94. The Morgan fingerprint density at radius 3 is 1.98 bits per heavy atom. The first-order valence-corrected chi connectivity index (χ1v) is 17.2. The lowest BCUT2D eigenvalue weighted by molar-refractivity contribution is -0.140. The fourth-order valence-electron chi connectivity index (χ4n) is 4.75. The number of benzene rings is 4. The number of amides is 2. The molecule has 4 aromatic carbocycles. The van der Waals surface area contributed by atoms with Crippen LogP contribution in [0.2, 0.25) is 20.1 Å². The predicted molar refractivity (Wildman–Crippen MR) is 186 cm³/mol. The van der Waals surface area contributed by atoms with Crippen LogP contribution in [0.4, 0.5) is 5.69 Å². The zero-order valence-corrected chi connectivity index (χ0v) is 29.2. The van der Waals surface area contributed by atoms with Crippen molar-refractivity contribution in [3.05, 3.63) is 128 Å². The van der Waals surface area contributed by atoms with Gasteiger partial charge in [0.2, 0.25) is 11.8 Å². The quantitative estimate of drug-likeness (QED) is 0.170. The summed E-state index contributed by atoms with van der Waals surface area (Å²) in [5.41, 5.74) is 0.731. The largest absolute Gasteiger partial charge is 0.350 e. The van der Waals surface area contributed by atoms with Crippen LogP contribution in [0.3, 0.4) is 0 Å². The highest BCUT2D eigenvalue weighted by atomic mass is 35.5. The smallest absolute Gasteiger partial charge is 0.264 e. The summed E-state index contributed by atoms with van der Waals surface area (Å²) in [4.78, 5) is 29.8. The number of halogens is 4. The summed E-state index contributed by atoms with van der Waals surface area (Å²) in [5, 5.41) is 4.19. The van der Waals surface area contributed by atoms with Gasteiger partial charge in [0.05, 0.1) is 10.6 Å². The number of nitrogens with zero attached hydrogens (tertiary/aromatic N) is 2. The highest BCUT2D eigenvalue weighted by Gasteiger charge is 2.36. The molecule has 2 amide bonds. The monoisotopic (exact) mass is 719 g/mol. The number of hydrogen-bond donors (Lipinski definition) is 1. The number of hydrogen-bond acceptors (Lipinski definition) is 4. The molecular formula is C34H33Cl4N3O4S. The van der Waals surface area contributed by atoms with Crippen molar-refractivity contribution in [2.24, 2.45) is 0 Å². The van der Waals surface area contributed by atoms with E-state index in [1.54, 1.807) is 30.3 Å². The molecule has 7 nitrogen and oxygen atoms in total. The number of carbonyl (C=O) groups excluding carboxylic acids is 2. The minimum atomic E-state index is -4.32. The molecule has 0 heterocycles. The molecule has 46 heavy (non-hydrogen) atoms. The van der Waals surface area contributed by atoms with E-state index in [1.807, 2.05) is 51.1 Å². The lowest BCUT2D eigenvalue weighted by Gasteiger charge is -2.35. The summed E-state index contributed by atoms with van der Waals surface area (Å²) in [6.07, 6.45) is 0.137. The molecule has 0 aromatic heterocycles. The van der Waals surface area contributed by atoms with E-state index >= 15 is 0 Å². The maximum Gasteiger partial charge on any atom is 0.264 e. The molecule has 0 spiro atoms. The van der Waals surface area contributed by atoms with Crippen molar-refractivity contribution >= 4 is 73.9 Å². The first-order valence-electron chi connectivity index (χ1n) is 14.3. The van der Waals surface area contributed by atoms with Crippen LogP contribution < -0.4 is 9.62 Å². The lowest BCUT2D eigenvalue weighted by Crippen LogP contribution is -2.56. The summed E-state index contributed by atoms with van der Waals surface area (Å²) < 4.78 is 29.2. The third-order valence-corrected chi connectivity index (χ3v) is 9.92. The Balaban J connectivity index is 1.85. The second kappa shape index (κ2) is 15.1. The van der Waals surface area contributed by atoms with Crippen molar-refractivity contribution < 1.29 is 18.0 Å². The van der Waals surface area contributed by atoms with Gasteiger partial charge in [-0.3, -0.25) is 13.9 Å². The van der Waals surface area contributed by atoms with Gasteiger partial charge in [0.1, 0.15) is 12.6 Å². The zero-order valence-electron chi connectivity index (χ0n) is 25.4. The van der Waals surface area contributed by atoms with E-state index in [0.717, 1.165) is 9.87 Å². The number of anilines is 1. The highest BCUT2D eigenvalue weighted by Crippen LogP contribution is 2.30. The Kier molecular flexibility index (Phi) is 11.7. The standard InChI is InChI=1S/C34H33Cl4N3O4S/c1-34(2,3)39-33(43)31(19-23-9-5-4-6-10-23)40(21-28-29(37)13-8-14-30(28)38)32(42)22-41(26-12-7-11-25(36)20-26)46(44,45)27-17-15-24(35)16-18-27/h4-18,20,31H,19,21-22H2,1-3H3,(H,39,43)/t31-/m1/s1. The maximum atomic E-state index is 14.6. The average molecular weight is 722 g/mol. The number of sulfonamides is 1. The van der Waals surface area contributed by atoms with E-state index in [4.69, 9.17) is 46.4 Å². The van der Waals surface area contributed by atoms with Crippen LogP contribution in [0.5, 0.6) is 0 Å². The van der Waals surface area contributed by atoms with Crippen molar-refractivity contribution in [3.8, 4) is 0 Å². The summed E-state index contributed by atoms with van der Waals surface area (Å²) in [5.74, 6) is -1.10. The van der Waals surface area contributed by atoms with Gasteiger partial charge in [-0.25, -0.2) is 8.42 Å². The predicted octanol–water partition coefficient (Wildman–Crippen LogP) is 8.05. The molecule has 4 rings (SSSR count). The van der Waals surface area contributed by atoms with Crippen LogP contribution in [-0.4, -0.2) is 43.3 Å². The first-order chi connectivity index (χ1) is 21.7. The topological polar surface area (TPSA) is 86.8 Å². The van der Waals surface area contributed by atoms with Crippen LogP contribution in [0, 0.1) is 0 Å². The van der Waals surface area contributed by atoms with Gasteiger partial charge < -0.3 is 10.2 Å². The molecule has 4 aromatic rings. The molecule has 0 radical (unpaired) electrons. The van der Waals surface area contributed by atoms with Crippen LogP contribution in [-0.2, 0) is 32.6 Å². The van der Waals surface area contributed by atoms with E-state index in [1.165, 1.54) is 41.3 Å². The summed E-state index contributed by atoms with van der Waals surface area (Å²) in [7, 11) is -4.32. The van der Waals surface area contributed by atoms with Gasteiger partial charge >= 0.3 is 0 Å². The molecule has 1 N–H and O–H groups in total.